The van der Waals surface area contributed by atoms with Gasteiger partial charge in [0.25, 0.3) is 5.56 Å². The molecule has 0 atom stereocenters. The van der Waals surface area contributed by atoms with Crippen molar-refractivity contribution in [3.63, 3.8) is 0 Å². The molecule has 0 radical (unpaired) electrons. The van der Waals surface area contributed by atoms with Gasteiger partial charge in [0, 0.05) is 22.3 Å². The Labute approximate surface area is 106 Å². The fourth-order valence-corrected chi connectivity index (χ4v) is 1.64. The number of aromatic nitrogens is 2. The Morgan fingerprint density at radius 3 is 2.59 bits per heavy atom. The van der Waals surface area contributed by atoms with Crippen molar-refractivity contribution in [2.75, 3.05) is 0 Å². The van der Waals surface area contributed by atoms with Crippen LogP contribution in [0.2, 0.25) is 0 Å². The van der Waals surface area contributed by atoms with Gasteiger partial charge in [0.15, 0.2) is 5.78 Å². The molecular formula is C12H9BrN2O2. The van der Waals surface area contributed by atoms with Gasteiger partial charge < -0.3 is 0 Å². The average Bonchev–Trinajstić information content (AvgIpc) is 2.33. The molecule has 0 aliphatic heterocycles. The number of carbonyl (C=O) groups is 1. The zero-order valence-electron chi connectivity index (χ0n) is 8.84. The number of carbonyl (C=O) groups excluding carboxylic acids is 1. The number of ketones is 1. The van der Waals surface area contributed by atoms with Crippen LogP contribution >= 0.6 is 15.9 Å². The summed E-state index contributed by atoms with van der Waals surface area (Å²) in [6.07, 6.45) is 2.77. The maximum absolute atomic E-state index is 11.9. The SMILES string of the molecule is O=C(Cn1cnccc1=O)c1ccc(Br)cc1. The molecule has 0 saturated heterocycles. The molecule has 0 spiro atoms. The van der Waals surface area contributed by atoms with E-state index >= 15 is 0 Å². The van der Waals surface area contributed by atoms with Gasteiger partial charge in [-0.3, -0.25) is 14.2 Å². The molecule has 0 amide bonds. The van der Waals surface area contributed by atoms with E-state index in [0.29, 0.717) is 5.56 Å². The van der Waals surface area contributed by atoms with Crippen molar-refractivity contribution in [3.05, 3.63) is 63.2 Å². The molecule has 0 fully saturated rings. The lowest BCUT2D eigenvalue weighted by Gasteiger charge is -2.03. The van der Waals surface area contributed by atoms with Crippen LogP contribution in [0, 0.1) is 0 Å². The van der Waals surface area contributed by atoms with Crippen LogP contribution in [-0.4, -0.2) is 15.3 Å². The minimum Gasteiger partial charge on any atom is -0.292 e. The summed E-state index contributed by atoms with van der Waals surface area (Å²) in [5.41, 5.74) is 0.342. The summed E-state index contributed by atoms with van der Waals surface area (Å²) in [7, 11) is 0. The summed E-state index contributed by atoms with van der Waals surface area (Å²) in [4.78, 5) is 27.1. The fraction of sp³-hybridized carbons (Fsp3) is 0.0833. The second kappa shape index (κ2) is 5.05. The first-order chi connectivity index (χ1) is 8.16. The number of nitrogens with zero attached hydrogens (tertiary/aromatic N) is 2. The summed E-state index contributed by atoms with van der Waals surface area (Å²) in [5.74, 6) is -0.118. The Balaban J connectivity index is 2.20. The molecule has 0 aliphatic carbocycles. The summed E-state index contributed by atoms with van der Waals surface area (Å²) >= 11 is 3.30. The number of rotatable bonds is 3. The van der Waals surface area contributed by atoms with E-state index in [-0.39, 0.29) is 17.9 Å². The van der Waals surface area contributed by atoms with Crippen molar-refractivity contribution in [1.29, 1.82) is 0 Å². The van der Waals surface area contributed by atoms with Crippen molar-refractivity contribution < 1.29 is 4.79 Å². The van der Waals surface area contributed by atoms with Crippen LogP contribution in [0.4, 0.5) is 0 Å². The standard InChI is InChI=1S/C12H9BrN2O2/c13-10-3-1-9(2-4-10)11(16)7-15-8-14-6-5-12(15)17/h1-6,8H,7H2. The third-order valence-corrected chi connectivity index (χ3v) is 2.80. The van der Waals surface area contributed by atoms with Crippen molar-refractivity contribution in [3.8, 4) is 0 Å². The molecule has 0 unspecified atom stereocenters. The first-order valence-corrected chi connectivity index (χ1v) is 5.75. The summed E-state index contributed by atoms with van der Waals surface area (Å²) in [6, 6.07) is 8.34. The Morgan fingerprint density at radius 2 is 1.94 bits per heavy atom. The van der Waals surface area contributed by atoms with E-state index in [9.17, 15) is 9.59 Å². The molecule has 17 heavy (non-hydrogen) atoms. The van der Waals surface area contributed by atoms with E-state index in [4.69, 9.17) is 0 Å². The van der Waals surface area contributed by atoms with E-state index in [1.165, 1.54) is 23.2 Å². The zero-order chi connectivity index (χ0) is 12.3. The summed E-state index contributed by atoms with van der Waals surface area (Å²) in [6.45, 7) is 0.00824. The van der Waals surface area contributed by atoms with E-state index < -0.39 is 0 Å². The van der Waals surface area contributed by atoms with Gasteiger partial charge in [-0.25, -0.2) is 4.98 Å². The number of halogens is 1. The Hall–Kier alpha value is -1.75. The lowest BCUT2D eigenvalue weighted by atomic mass is 10.1. The van der Waals surface area contributed by atoms with Crippen molar-refractivity contribution in [1.82, 2.24) is 9.55 Å². The lowest BCUT2D eigenvalue weighted by molar-refractivity contribution is 0.0970. The van der Waals surface area contributed by atoms with E-state index in [1.807, 2.05) is 0 Å². The Morgan fingerprint density at radius 1 is 1.24 bits per heavy atom. The van der Waals surface area contributed by atoms with Gasteiger partial charge in [0.1, 0.15) is 0 Å². The van der Waals surface area contributed by atoms with Gasteiger partial charge in [0.05, 0.1) is 12.9 Å². The van der Waals surface area contributed by atoms with Gasteiger partial charge in [-0.15, -0.1) is 0 Å². The highest BCUT2D eigenvalue weighted by Gasteiger charge is 2.07. The average molecular weight is 293 g/mol. The Bertz CT molecular complexity index is 590. The van der Waals surface area contributed by atoms with E-state index in [0.717, 1.165) is 4.47 Å². The Kier molecular flexibility index (Phi) is 3.49. The maximum Gasteiger partial charge on any atom is 0.253 e. The predicted molar refractivity (Wildman–Crippen MR) is 67.0 cm³/mol. The third kappa shape index (κ3) is 2.88. The zero-order valence-corrected chi connectivity index (χ0v) is 10.4. The van der Waals surface area contributed by atoms with Crippen LogP contribution in [0.5, 0.6) is 0 Å². The quantitative estimate of drug-likeness (QED) is 0.812. The molecule has 0 N–H and O–H groups in total. The molecule has 86 valence electrons. The topological polar surface area (TPSA) is 52.0 Å². The number of hydrogen-bond acceptors (Lipinski definition) is 3. The molecule has 4 nitrogen and oxygen atoms in total. The fourth-order valence-electron chi connectivity index (χ4n) is 1.38. The molecule has 2 aromatic rings. The van der Waals surface area contributed by atoms with Gasteiger partial charge in [-0.05, 0) is 12.1 Å². The second-order valence-electron chi connectivity index (χ2n) is 3.48. The molecule has 1 aromatic carbocycles. The monoisotopic (exact) mass is 292 g/mol. The van der Waals surface area contributed by atoms with Gasteiger partial charge in [0.2, 0.25) is 0 Å². The van der Waals surface area contributed by atoms with Crippen molar-refractivity contribution in [2.45, 2.75) is 6.54 Å². The van der Waals surface area contributed by atoms with E-state index in [2.05, 4.69) is 20.9 Å². The van der Waals surface area contributed by atoms with Gasteiger partial charge in [-0.2, -0.15) is 0 Å². The van der Waals surface area contributed by atoms with Crippen molar-refractivity contribution >= 4 is 21.7 Å². The number of hydrogen-bond donors (Lipinski definition) is 0. The second-order valence-corrected chi connectivity index (χ2v) is 4.39. The highest BCUT2D eigenvalue weighted by Crippen LogP contribution is 2.11. The molecule has 1 heterocycles. The van der Waals surface area contributed by atoms with Crippen LogP contribution < -0.4 is 5.56 Å². The van der Waals surface area contributed by atoms with Crippen LogP contribution in [0.15, 0.2) is 52.1 Å². The molecule has 0 aliphatic rings. The third-order valence-electron chi connectivity index (χ3n) is 2.27. The molecular weight excluding hydrogens is 284 g/mol. The lowest BCUT2D eigenvalue weighted by Crippen LogP contribution is -2.23. The molecule has 0 saturated carbocycles. The van der Waals surface area contributed by atoms with Crippen LogP contribution in [-0.2, 0) is 6.54 Å². The van der Waals surface area contributed by atoms with Gasteiger partial charge in [-0.1, -0.05) is 28.1 Å². The predicted octanol–water partition coefficient (Wildman–Crippen LogP) is 1.89. The van der Waals surface area contributed by atoms with Crippen LogP contribution in [0.1, 0.15) is 10.4 Å². The first kappa shape index (κ1) is 11.7. The largest absolute Gasteiger partial charge is 0.292 e. The smallest absolute Gasteiger partial charge is 0.253 e. The number of benzene rings is 1. The summed E-state index contributed by atoms with van der Waals surface area (Å²) in [5, 5.41) is 0. The highest BCUT2D eigenvalue weighted by molar-refractivity contribution is 9.10. The van der Waals surface area contributed by atoms with Crippen LogP contribution in [0.3, 0.4) is 0 Å². The molecule has 0 bridgehead atoms. The summed E-state index contributed by atoms with van der Waals surface area (Å²) < 4.78 is 2.19. The molecule has 5 heteroatoms. The highest BCUT2D eigenvalue weighted by atomic mass is 79.9. The van der Waals surface area contributed by atoms with Crippen LogP contribution in [0.25, 0.3) is 0 Å². The van der Waals surface area contributed by atoms with Gasteiger partial charge >= 0.3 is 0 Å². The minimum atomic E-state index is -0.231. The van der Waals surface area contributed by atoms with E-state index in [1.54, 1.807) is 24.3 Å². The first-order valence-electron chi connectivity index (χ1n) is 4.96. The molecule has 1 aromatic heterocycles. The van der Waals surface area contributed by atoms with Crippen molar-refractivity contribution in [2.24, 2.45) is 0 Å². The molecule has 2 rings (SSSR count). The maximum atomic E-state index is 11.9. The normalized spacial score (nSPS) is 10.2. The number of Topliss-reactive ketones (excluding diaryl/α,β-unsaturated/α-hetero) is 1. The minimum absolute atomic E-state index is 0.00824.